The van der Waals surface area contributed by atoms with Gasteiger partial charge in [0, 0.05) is 11.1 Å². The van der Waals surface area contributed by atoms with E-state index in [9.17, 15) is 9.59 Å². The lowest BCUT2D eigenvalue weighted by Crippen LogP contribution is -2.19. The first-order valence-corrected chi connectivity index (χ1v) is 6.17. The maximum absolute atomic E-state index is 12.0. The number of Topliss-reactive ketones (excluding diaryl/α,β-unsaturated/α-hetero) is 1. The van der Waals surface area contributed by atoms with E-state index >= 15 is 0 Å². The second kappa shape index (κ2) is 4.77. The van der Waals surface area contributed by atoms with E-state index in [0.717, 1.165) is 18.4 Å². The first kappa shape index (κ1) is 11.3. The van der Waals surface area contributed by atoms with Gasteiger partial charge in [0.25, 0.3) is 0 Å². The minimum atomic E-state index is -0.0173. The summed E-state index contributed by atoms with van der Waals surface area (Å²) in [6, 6.07) is 0. The number of rotatable bonds is 1. The Labute approximate surface area is 96.4 Å². The van der Waals surface area contributed by atoms with Crippen LogP contribution in [0.2, 0.25) is 0 Å². The summed E-state index contributed by atoms with van der Waals surface area (Å²) in [5.74, 6) is 0.394. The number of hydrogen-bond donors (Lipinski definition) is 0. The summed E-state index contributed by atoms with van der Waals surface area (Å²) in [5, 5.41) is 0. The molecule has 2 aliphatic rings. The highest BCUT2D eigenvalue weighted by Gasteiger charge is 2.26. The van der Waals surface area contributed by atoms with Gasteiger partial charge >= 0.3 is 0 Å². The summed E-state index contributed by atoms with van der Waals surface area (Å²) in [4.78, 5) is 23.4. The molecular weight excluding hydrogens is 200 g/mol. The highest BCUT2D eigenvalue weighted by molar-refractivity contribution is 6.20. The summed E-state index contributed by atoms with van der Waals surface area (Å²) >= 11 is 0. The van der Waals surface area contributed by atoms with Crippen molar-refractivity contribution in [3.63, 3.8) is 0 Å². The van der Waals surface area contributed by atoms with E-state index in [0.29, 0.717) is 11.5 Å². The molecule has 0 amide bonds. The second-order valence-electron chi connectivity index (χ2n) is 4.85. The summed E-state index contributed by atoms with van der Waals surface area (Å²) < 4.78 is 0. The lowest BCUT2D eigenvalue weighted by Gasteiger charge is -2.19. The number of hydrogen-bond acceptors (Lipinski definition) is 2. The summed E-state index contributed by atoms with van der Waals surface area (Å²) in [7, 11) is 0. The fourth-order valence-corrected chi connectivity index (χ4v) is 2.66. The molecule has 1 saturated carbocycles. The number of ketones is 2. The van der Waals surface area contributed by atoms with E-state index in [-0.39, 0.29) is 11.6 Å². The zero-order chi connectivity index (χ0) is 11.5. The molecule has 0 saturated heterocycles. The monoisotopic (exact) mass is 218 g/mol. The van der Waals surface area contributed by atoms with Crippen LogP contribution >= 0.6 is 0 Å². The maximum atomic E-state index is 12.0. The Morgan fingerprint density at radius 2 is 1.62 bits per heavy atom. The van der Waals surface area contributed by atoms with Gasteiger partial charge in [-0.05, 0) is 37.8 Å². The highest BCUT2D eigenvalue weighted by Crippen LogP contribution is 2.31. The Balaban J connectivity index is 2.19. The molecule has 2 nitrogen and oxygen atoms in total. The smallest absolute Gasteiger partial charge is 0.185 e. The second-order valence-corrected chi connectivity index (χ2v) is 4.85. The summed E-state index contributed by atoms with van der Waals surface area (Å²) in [6.07, 6.45) is 10.0. The first-order valence-electron chi connectivity index (χ1n) is 6.17. The van der Waals surface area contributed by atoms with E-state index in [1.807, 2.05) is 0 Å². The lowest BCUT2D eigenvalue weighted by molar-refractivity contribution is -0.115. The molecule has 86 valence electrons. The Morgan fingerprint density at radius 3 is 2.25 bits per heavy atom. The van der Waals surface area contributed by atoms with Crippen molar-refractivity contribution in [3.05, 3.63) is 23.3 Å². The SMILES string of the molecule is CC1=CC(=O)C=C(C2CCCCCC2)C1=O. The Bertz CT molecular complexity index is 366. The highest BCUT2D eigenvalue weighted by atomic mass is 16.1. The van der Waals surface area contributed by atoms with Crippen molar-refractivity contribution in [2.24, 2.45) is 5.92 Å². The molecule has 0 spiro atoms. The number of carbonyl (C=O) groups excluding carboxylic acids is 2. The van der Waals surface area contributed by atoms with E-state index < -0.39 is 0 Å². The fraction of sp³-hybridized carbons (Fsp3) is 0.571. The van der Waals surface area contributed by atoms with Crippen LogP contribution in [-0.2, 0) is 9.59 Å². The van der Waals surface area contributed by atoms with Gasteiger partial charge in [-0.3, -0.25) is 9.59 Å². The van der Waals surface area contributed by atoms with Crippen LogP contribution in [0.25, 0.3) is 0 Å². The molecule has 0 atom stereocenters. The van der Waals surface area contributed by atoms with Gasteiger partial charge in [0.2, 0.25) is 0 Å². The Hall–Kier alpha value is -1.18. The number of allylic oxidation sites excluding steroid dienone is 4. The van der Waals surface area contributed by atoms with Gasteiger partial charge in [0.15, 0.2) is 11.6 Å². The van der Waals surface area contributed by atoms with Gasteiger partial charge in [-0.25, -0.2) is 0 Å². The fourth-order valence-electron chi connectivity index (χ4n) is 2.66. The van der Waals surface area contributed by atoms with Gasteiger partial charge < -0.3 is 0 Å². The first-order chi connectivity index (χ1) is 7.68. The van der Waals surface area contributed by atoms with Crippen molar-refractivity contribution < 1.29 is 9.59 Å². The number of carbonyl (C=O) groups is 2. The standard InChI is InChI=1S/C14H18O2/c1-10-8-12(15)9-13(14(10)16)11-6-4-2-3-5-7-11/h8-9,11H,2-7H2,1H3. The molecule has 0 bridgehead atoms. The zero-order valence-corrected chi connectivity index (χ0v) is 9.79. The van der Waals surface area contributed by atoms with Crippen LogP contribution in [-0.4, -0.2) is 11.6 Å². The van der Waals surface area contributed by atoms with Crippen LogP contribution in [0.4, 0.5) is 0 Å². The van der Waals surface area contributed by atoms with Crippen molar-refractivity contribution in [1.82, 2.24) is 0 Å². The Kier molecular flexibility index (Phi) is 3.37. The minimum Gasteiger partial charge on any atom is -0.290 e. The van der Waals surface area contributed by atoms with E-state index in [4.69, 9.17) is 0 Å². The van der Waals surface area contributed by atoms with Crippen LogP contribution in [0.5, 0.6) is 0 Å². The van der Waals surface area contributed by atoms with Gasteiger partial charge in [0.05, 0.1) is 0 Å². The van der Waals surface area contributed by atoms with Gasteiger partial charge in [-0.2, -0.15) is 0 Å². The lowest BCUT2D eigenvalue weighted by atomic mass is 9.83. The average molecular weight is 218 g/mol. The minimum absolute atomic E-state index is 0.0173. The van der Waals surface area contributed by atoms with Crippen LogP contribution in [0.3, 0.4) is 0 Å². The van der Waals surface area contributed by atoms with Gasteiger partial charge in [-0.1, -0.05) is 25.7 Å². The molecule has 2 heteroatoms. The summed E-state index contributed by atoms with van der Waals surface area (Å²) in [5.41, 5.74) is 1.37. The molecule has 2 aliphatic carbocycles. The van der Waals surface area contributed by atoms with Gasteiger partial charge in [-0.15, -0.1) is 0 Å². The molecule has 2 rings (SSSR count). The molecule has 0 aromatic heterocycles. The molecule has 16 heavy (non-hydrogen) atoms. The van der Waals surface area contributed by atoms with Crippen molar-refractivity contribution in [2.45, 2.75) is 45.4 Å². The van der Waals surface area contributed by atoms with Crippen molar-refractivity contribution in [2.75, 3.05) is 0 Å². The third kappa shape index (κ3) is 2.31. The van der Waals surface area contributed by atoms with Crippen molar-refractivity contribution in [3.8, 4) is 0 Å². The molecule has 0 aliphatic heterocycles. The largest absolute Gasteiger partial charge is 0.290 e. The van der Waals surface area contributed by atoms with E-state index in [2.05, 4.69) is 0 Å². The molecular formula is C14H18O2. The van der Waals surface area contributed by atoms with E-state index in [1.165, 1.54) is 31.8 Å². The molecule has 0 heterocycles. The van der Waals surface area contributed by atoms with Crippen molar-refractivity contribution >= 4 is 11.6 Å². The molecule has 0 unspecified atom stereocenters. The van der Waals surface area contributed by atoms with Crippen LogP contribution in [0.1, 0.15) is 45.4 Å². The quantitative estimate of drug-likeness (QED) is 0.501. The zero-order valence-electron chi connectivity index (χ0n) is 9.79. The third-order valence-electron chi connectivity index (χ3n) is 3.57. The van der Waals surface area contributed by atoms with Crippen LogP contribution in [0, 0.1) is 5.92 Å². The van der Waals surface area contributed by atoms with Gasteiger partial charge in [0.1, 0.15) is 0 Å². The average Bonchev–Trinajstić information content (AvgIpc) is 2.51. The van der Waals surface area contributed by atoms with E-state index in [1.54, 1.807) is 13.0 Å². The predicted molar refractivity (Wildman–Crippen MR) is 63.0 cm³/mol. The maximum Gasteiger partial charge on any atom is 0.185 e. The topological polar surface area (TPSA) is 34.1 Å². The molecule has 1 fully saturated rings. The molecule has 0 radical (unpaired) electrons. The summed E-state index contributed by atoms with van der Waals surface area (Å²) in [6.45, 7) is 1.74. The Morgan fingerprint density at radius 1 is 1.00 bits per heavy atom. The molecule has 0 aromatic carbocycles. The van der Waals surface area contributed by atoms with Crippen molar-refractivity contribution in [1.29, 1.82) is 0 Å². The van der Waals surface area contributed by atoms with Crippen LogP contribution in [0.15, 0.2) is 23.3 Å². The molecule has 0 N–H and O–H groups in total. The predicted octanol–water partition coefficient (Wildman–Crippen LogP) is 2.98. The normalized spacial score (nSPS) is 23.8. The molecule has 0 aromatic rings. The third-order valence-corrected chi connectivity index (χ3v) is 3.57. The van der Waals surface area contributed by atoms with Crippen LogP contribution < -0.4 is 0 Å².